The number of sulfonamides is 2. The van der Waals surface area contributed by atoms with Crippen molar-refractivity contribution < 1.29 is 27.0 Å². The number of aryl methyl sites for hydroxylation is 2. The molecule has 34 heavy (non-hydrogen) atoms. The van der Waals surface area contributed by atoms with Crippen LogP contribution in [0.4, 0.5) is 0 Å². The van der Waals surface area contributed by atoms with E-state index in [-0.39, 0.29) is 59.3 Å². The lowest BCUT2D eigenvalue weighted by Crippen LogP contribution is -2.50. The highest BCUT2D eigenvalue weighted by molar-refractivity contribution is 7.89. The molecular weight excluding hydrogens is 476 g/mol. The maximum Gasteiger partial charge on any atom is 0.247 e. The fraction of sp³-hybridized carbons (Fsp3) is 0.500. The second-order valence-corrected chi connectivity index (χ2v) is 13.2. The van der Waals surface area contributed by atoms with Gasteiger partial charge in [-0.25, -0.2) is 16.8 Å². The van der Waals surface area contributed by atoms with Crippen molar-refractivity contribution in [2.45, 2.75) is 63.2 Å². The lowest BCUT2D eigenvalue weighted by molar-refractivity contribution is 0.271. The van der Waals surface area contributed by atoms with E-state index in [0.29, 0.717) is 22.3 Å². The van der Waals surface area contributed by atoms with Gasteiger partial charge in [-0.15, -0.1) is 0 Å². The number of phenolic OH excluding ortho intramolecular Hbond substituents is 2. The van der Waals surface area contributed by atoms with E-state index in [2.05, 4.69) is 0 Å². The predicted octanol–water partition coefficient (Wildman–Crippen LogP) is 3.66. The largest absolute Gasteiger partial charge is 0.506 e. The van der Waals surface area contributed by atoms with Crippen molar-refractivity contribution >= 4 is 20.0 Å². The number of hydrogen-bond donors (Lipinski definition) is 2. The van der Waals surface area contributed by atoms with Crippen molar-refractivity contribution in [3.8, 4) is 11.5 Å². The van der Waals surface area contributed by atoms with Crippen molar-refractivity contribution in [2.24, 2.45) is 0 Å². The zero-order valence-corrected chi connectivity index (χ0v) is 22.2. The second-order valence-electron chi connectivity index (χ2n) is 9.42. The van der Waals surface area contributed by atoms with Gasteiger partial charge in [-0.05, 0) is 47.9 Å². The van der Waals surface area contributed by atoms with Crippen LogP contribution in [0.25, 0.3) is 0 Å². The van der Waals surface area contributed by atoms with Crippen LogP contribution in [0.3, 0.4) is 0 Å². The Morgan fingerprint density at radius 2 is 0.941 bits per heavy atom. The Balaban J connectivity index is 1.91. The van der Waals surface area contributed by atoms with Gasteiger partial charge in [-0.1, -0.05) is 52.0 Å². The van der Waals surface area contributed by atoms with Gasteiger partial charge in [0.2, 0.25) is 20.0 Å². The first-order chi connectivity index (χ1) is 15.7. The number of benzene rings is 2. The first-order valence-corrected chi connectivity index (χ1v) is 14.2. The summed E-state index contributed by atoms with van der Waals surface area (Å²) in [6.07, 6.45) is 0. The number of phenols is 2. The third-order valence-electron chi connectivity index (χ3n) is 6.36. The molecule has 0 aliphatic carbocycles. The zero-order chi connectivity index (χ0) is 25.6. The van der Waals surface area contributed by atoms with Gasteiger partial charge in [0.15, 0.2) is 0 Å². The van der Waals surface area contributed by atoms with Gasteiger partial charge in [0, 0.05) is 26.2 Å². The summed E-state index contributed by atoms with van der Waals surface area (Å²) in [7, 11) is -8.07. The number of rotatable bonds is 6. The molecule has 2 aromatic carbocycles. The topological polar surface area (TPSA) is 115 Å². The molecule has 188 valence electrons. The van der Waals surface area contributed by atoms with E-state index in [1.807, 2.05) is 27.7 Å². The Morgan fingerprint density at radius 3 is 1.21 bits per heavy atom. The smallest absolute Gasteiger partial charge is 0.247 e. The lowest BCUT2D eigenvalue weighted by Gasteiger charge is -2.34. The number of piperazine rings is 1. The Labute approximate surface area is 202 Å². The Kier molecular flexibility index (Phi) is 7.38. The summed E-state index contributed by atoms with van der Waals surface area (Å²) < 4.78 is 56.1. The van der Waals surface area contributed by atoms with Gasteiger partial charge in [0.1, 0.15) is 21.3 Å². The molecule has 10 heteroatoms. The summed E-state index contributed by atoms with van der Waals surface area (Å²) in [6, 6.07) is 6.80. The van der Waals surface area contributed by atoms with E-state index in [9.17, 15) is 27.0 Å². The molecule has 0 aromatic heterocycles. The minimum absolute atomic E-state index is 0.0595. The summed E-state index contributed by atoms with van der Waals surface area (Å²) in [5.74, 6) is -0.629. The van der Waals surface area contributed by atoms with Crippen LogP contribution in [-0.2, 0) is 20.0 Å². The Bertz CT molecular complexity index is 1190. The van der Waals surface area contributed by atoms with Crippen molar-refractivity contribution in [2.75, 3.05) is 26.2 Å². The summed E-state index contributed by atoms with van der Waals surface area (Å²) in [5, 5.41) is 21.5. The van der Waals surface area contributed by atoms with Crippen LogP contribution < -0.4 is 0 Å². The van der Waals surface area contributed by atoms with Crippen LogP contribution in [-0.4, -0.2) is 61.8 Å². The average molecular weight is 511 g/mol. The third kappa shape index (κ3) is 4.56. The SMILES string of the molecule is Cc1ccc(C(C)C)c(O)c1S(=O)(=O)N1CCN(S(=O)(=O)c2c(C)ccc(C(C)C)c2O)CC1. The first kappa shape index (κ1) is 26.5. The number of hydrogen-bond acceptors (Lipinski definition) is 6. The molecule has 1 saturated heterocycles. The standard InChI is InChI=1S/C24H34N2O6S2/c1-15(2)19-9-7-17(5)23(21(19)27)33(29,30)25-11-13-26(14-12-25)34(31,32)24-18(6)8-10-20(16(3)4)22(24)28/h7-10,15-16,27-28H,11-14H2,1-6H3. The molecule has 0 bridgehead atoms. The molecule has 2 N–H and O–H groups in total. The van der Waals surface area contributed by atoms with Crippen LogP contribution in [0.5, 0.6) is 11.5 Å². The molecule has 8 nitrogen and oxygen atoms in total. The molecular formula is C24H34N2O6S2. The van der Waals surface area contributed by atoms with Gasteiger partial charge >= 0.3 is 0 Å². The van der Waals surface area contributed by atoms with E-state index in [1.165, 1.54) is 8.61 Å². The summed E-state index contributed by atoms with van der Waals surface area (Å²) in [6.45, 7) is 10.5. The quantitative estimate of drug-likeness (QED) is 0.613. The highest BCUT2D eigenvalue weighted by Crippen LogP contribution is 2.38. The van der Waals surface area contributed by atoms with Crippen molar-refractivity contribution in [1.82, 2.24) is 8.61 Å². The zero-order valence-electron chi connectivity index (χ0n) is 20.5. The maximum absolute atomic E-state index is 13.4. The van der Waals surface area contributed by atoms with Crippen molar-refractivity contribution in [1.29, 1.82) is 0 Å². The van der Waals surface area contributed by atoms with Gasteiger partial charge in [0.25, 0.3) is 0 Å². The van der Waals surface area contributed by atoms with E-state index in [0.717, 1.165) is 0 Å². The Hall–Kier alpha value is -2.14. The van der Waals surface area contributed by atoms with Crippen LogP contribution in [0.15, 0.2) is 34.1 Å². The molecule has 2 aromatic rings. The van der Waals surface area contributed by atoms with Gasteiger partial charge in [-0.3, -0.25) is 0 Å². The Morgan fingerprint density at radius 1 is 0.647 bits per heavy atom. The lowest BCUT2D eigenvalue weighted by atomic mass is 10.0. The van der Waals surface area contributed by atoms with E-state index in [4.69, 9.17) is 0 Å². The molecule has 1 fully saturated rings. The summed E-state index contributed by atoms with van der Waals surface area (Å²) in [5.41, 5.74) is 1.95. The average Bonchev–Trinajstić information content (AvgIpc) is 2.73. The van der Waals surface area contributed by atoms with Gasteiger partial charge in [-0.2, -0.15) is 8.61 Å². The fourth-order valence-corrected chi connectivity index (χ4v) is 7.84. The molecule has 0 unspecified atom stereocenters. The van der Waals surface area contributed by atoms with E-state index >= 15 is 0 Å². The molecule has 1 aliphatic rings. The predicted molar refractivity (Wildman–Crippen MR) is 131 cm³/mol. The van der Waals surface area contributed by atoms with Crippen molar-refractivity contribution in [3.05, 3.63) is 46.5 Å². The molecule has 0 spiro atoms. The monoisotopic (exact) mass is 510 g/mol. The number of nitrogens with zero attached hydrogens (tertiary/aromatic N) is 2. The maximum atomic E-state index is 13.4. The van der Waals surface area contributed by atoms with Crippen molar-refractivity contribution in [3.63, 3.8) is 0 Å². The molecule has 0 radical (unpaired) electrons. The highest BCUT2D eigenvalue weighted by Gasteiger charge is 2.38. The van der Waals surface area contributed by atoms with Crippen LogP contribution in [0.2, 0.25) is 0 Å². The summed E-state index contributed by atoms with van der Waals surface area (Å²) >= 11 is 0. The van der Waals surface area contributed by atoms with Crippen LogP contribution in [0, 0.1) is 13.8 Å². The van der Waals surface area contributed by atoms with E-state index in [1.54, 1.807) is 38.1 Å². The second kappa shape index (κ2) is 9.49. The molecule has 3 rings (SSSR count). The minimum Gasteiger partial charge on any atom is -0.506 e. The van der Waals surface area contributed by atoms with Gasteiger partial charge in [0.05, 0.1) is 0 Å². The normalized spacial score (nSPS) is 16.5. The molecule has 0 atom stereocenters. The van der Waals surface area contributed by atoms with Crippen LogP contribution in [0.1, 0.15) is 61.8 Å². The molecule has 1 heterocycles. The first-order valence-electron chi connectivity index (χ1n) is 11.4. The molecule has 0 amide bonds. The van der Waals surface area contributed by atoms with Gasteiger partial charge < -0.3 is 10.2 Å². The summed E-state index contributed by atoms with van der Waals surface area (Å²) in [4.78, 5) is -0.263. The third-order valence-corrected chi connectivity index (χ3v) is 10.5. The van der Waals surface area contributed by atoms with Crippen LogP contribution >= 0.6 is 0 Å². The molecule has 1 aliphatic heterocycles. The van der Waals surface area contributed by atoms with E-state index < -0.39 is 20.0 Å². The number of aromatic hydroxyl groups is 2. The minimum atomic E-state index is -4.03. The molecule has 0 saturated carbocycles. The highest BCUT2D eigenvalue weighted by atomic mass is 32.2. The fourth-order valence-electron chi connectivity index (χ4n) is 4.37.